The fourth-order valence-electron chi connectivity index (χ4n) is 3.01. The maximum absolute atomic E-state index is 12.9. The standard InChI is InChI=1S/C16H24N6O5/c17-10(3-4-13(18)23)14(24)21-11(6-9-7-19-8-20-9)15(25)22-5-1-2-12(22)16(26)27/h7-8,10-12H,1-6,17H2,(H2,18,23)(H,19,20)(H,21,24)(H,26,27)/t10-,11-,12-/m0/s1. The van der Waals surface area contributed by atoms with E-state index in [4.69, 9.17) is 11.5 Å². The number of nitrogens with one attached hydrogen (secondary N) is 2. The molecule has 1 aliphatic heterocycles. The summed E-state index contributed by atoms with van der Waals surface area (Å²) in [6.07, 6.45) is 4.03. The molecule has 0 saturated carbocycles. The molecular formula is C16H24N6O5. The summed E-state index contributed by atoms with van der Waals surface area (Å²) in [4.78, 5) is 55.5. The van der Waals surface area contributed by atoms with Crippen LogP contribution < -0.4 is 16.8 Å². The molecule has 0 bridgehead atoms. The minimum atomic E-state index is -1.08. The summed E-state index contributed by atoms with van der Waals surface area (Å²) < 4.78 is 0. The van der Waals surface area contributed by atoms with Crippen molar-refractivity contribution in [1.82, 2.24) is 20.2 Å². The van der Waals surface area contributed by atoms with Crippen LogP contribution in [0.25, 0.3) is 0 Å². The third kappa shape index (κ3) is 5.51. The lowest BCUT2D eigenvalue weighted by Crippen LogP contribution is -2.55. The van der Waals surface area contributed by atoms with Crippen molar-refractivity contribution in [3.63, 3.8) is 0 Å². The van der Waals surface area contributed by atoms with Gasteiger partial charge in [0.05, 0.1) is 18.1 Å². The Morgan fingerprint density at radius 3 is 2.74 bits per heavy atom. The maximum atomic E-state index is 12.9. The van der Waals surface area contributed by atoms with Crippen molar-refractivity contribution in [1.29, 1.82) is 0 Å². The Bertz CT molecular complexity index is 691. The number of hydrogen-bond donors (Lipinski definition) is 5. The molecule has 0 aromatic carbocycles. The SMILES string of the molecule is NC(=O)CC[C@H](N)C(=O)N[C@@H](Cc1c[nH]cn1)C(=O)N1CCC[C@H]1C(=O)O. The summed E-state index contributed by atoms with van der Waals surface area (Å²) in [6, 6.07) is -2.94. The summed E-state index contributed by atoms with van der Waals surface area (Å²) in [5.41, 5.74) is 11.3. The van der Waals surface area contributed by atoms with E-state index < -0.39 is 41.8 Å². The molecule has 11 heteroatoms. The van der Waals surface area contributed by atoms with Gasteiger partial charge in [-0.2, -0.15) is 0 Å². The average Bonchev–Trinajstić information content (AvgIpc) is 3.29. The van der Waals surface area contributed by atoms with Crippen LogP contribution in [0.1, 0.15) is 31.4 Å². The Labute approximate surface area is 155 Å². The first kappa shape index (κ1) is 20.4. The molecule has 3 amide bonds. The van der Waals surface area contributed by atoms with E-state index in [1.165, 1.54) is 11.2 Å². The molecule has 1 aromatic rings. The highest BCUT2D eigenvalue weighted by Gasteiger charge is 2.38. The quantitative estimate of drug-likeness (QED) is 0.331. The molecular weight excluding hydrogens is 356 g/mol. The minimum absolute atomic E-state index is 0.0476. The fraction of sp³-hybridized carbons (Fsp3) is 0.562. The average molecular weight is 380 g/mol. The highest BCUT2D eigenvalue weighted by atomic mass is 16.4. The van der Waals surface area contributed by atoms with Crippen molar-refractivity contribution in [2.75, 3.05) is 6.54 Å². The van der Waals surface area contributed by atoms with Crippen LogP contribution in [0.5, 0.6) is 0 Å². The van der Waals surface area contributed by atoms with E-state index in [1.807, 2.05) is 0 Å². The van der Waals surface area contributed by atoms with Gasteiger partial charge in [0, 0.05) is 25.6 Å². The molecule has 3 atom stereocenters. The normalized spacial score (nSPS) is 18.7. The van der Waals surface area contributed by atoms with Crippen LogP contribution in [0.2, 0.25) is 0 Å². The number of likely N-dealkylation sites (tertiary alicyclic amines) is 1. The Balaban J connectivity index is 2.11. The van der Waals surface area contributed by atoms with E-state index in [9.17, 15) is 24.3 Å². The molecule has 1 fully saturated rings. The van der Waals surface area contributed by atoms with Crippen LogP contribution in [0.3, 0.4) is 0 Å². The van der Waals surface area contributed by atoms with E-state index in [2.05, 4.69) is 15.3 Å². The number of carboxylic acids is 1. The number of carbonyl (C=O) groups excluding carboxylic acids is 3. The summed E-state index contributed by atoms with van der Waals surface area (Å²) >= 11 is 0. The molecule has 27 heavy (non-hydrogen) atoms. The largest absolute Gasteiger partial charge is 0.480 e. The van der Waals surface area contributed by atoms with Gasteiger partial charge in [-0.15, -0.1) is 0 Å². The minimum Gasteiger partial charge on any atom is -0.480 e. The number of aromatic amines is 1. The van der Waals surface area contributed by atoms with Gasteiger partial charge in [0.1, 0.15) is 12.1 Å². The molecule has 0 unspecified atom stereocenters. The fourth-order valence-corrected chi connectivity index (χ4v) is 3.01. The molecule has 0 radical (unpaired) electrons. The van der Waals surface area contributed by atoms with Crippen molar-refractivity contribution >= 4 is 23.7 Å². The van der Waals surface area contributed by atoms with E-state index in [0.29, 0.717) is 25.1 Å². The van der Waals surface area contributed by atoms with Gasteiger partial charge in [0.2, 0.25) is 17.7 Å². The smallest absolute Gasteiger partial charge is 0.326 e. The second kappa shape index (κ2) is 9.12. The van der Waals surface area contributed by atoms with E-state index in [0.717, 1.165) is 0 Å². The number of imidazole rings is 1. The second-order valence-corrected chi connectivity index (χ2v) is 6.47. The molecule has 0 aliphatic carbocycles. The second-order valence-electron chi connectivity index (χ2n) is 6.47. The van der Waals surface area contributed by atoms with Crippen molar-refractivity contribution in [2.24, 2.45) is 11.5 Å². The number of aromatic nitrogens is 2. The van der Waals surface area contributed by atoms with Gasteiger partial charge in [-0.25, -0.2) is 9.78 Å². The highest BCUT2D eigenvalue weighted by Crippen LogP contribution is 2.19. The lowest BCUT2D eigenvalue weighted by atomic mass is 10.1. The third-order valence-corrected chi connectivity index (χ3v) is 4.44. The molecule has 11 nitrogen and oxygen atoms in total. The van der Waals surface area contributed by atoms with E-state index in [-0.39, 0.29) is 19.3 Å². The van der Waals surface area contributed by atoms with Gasteiger partial charge >= 0.3 is 5.97 Å². The van der Waals surface area contributed by atoms with Gasteiger partial charge in [0.15, 0.2) is 0 Å². The Kier molecular flexibility index (Phi) is 6.88. The monoisotopic (exact) mass is 380 g/mol. The Hall–Kier alpha value is -2.95. The van der Waals surface area contributed by atoms with Crippen LogP contribution in [-0.4, -0.2) is 68.3 Å². The van der Waals surface area contributed by atoms with Gasteiger partial charge < -0.3 is 31.8 Å². The first-order valence-corrected chi connectivity index (χ1v) is 8.64. The molecule has 0 spiro atoms. The molecule has 1 aliphatic rings. The van der Waals surface area contributed by atoms with Crippen molar-refractivity contribution in [3.8, 4) is 0 Å². The van der Waals surface area contributed by atoms with Crippen LogP contribution in [0.4, 0.5) is 0 Å². The molecule has 148 valence electrons. The first-order chi connectivity index (χ1) is 12.8. The number of aliphatic carboxylic acids is 1. The predicted molar refractivity (Wildman–Crippen MR) is 93.0 cm³/mol. The Morgan fingerprint density at radius 2 is 2.15 bits per heavy atom. The molecule has 2 heterocycles. The van der Waals surface area contributed by atoms with E-state index in [1.54, 1.807) is 6.20 Å². The lowest BCUT2D eigenvalue weighted by molar-refractivity contribution is -0.149. The van der Waals surface area contributed by atoms with Gasteiger partial charge in [-0.05, 0) is 19.3 Å². The van der Waals surface area contributed by atoms with Crippen LogP contribution in [0.15, 0.2) is 12.5 Å². The topological polar surface area (TPSA) is 184 Å². The molecule has 2 rings (SSSR count). The number of carboxylic acid groups (broad SMARTS) is 1. The van der Waals surface area contributed by atoms with Gasteiger partial charge in [-0.3, -0.25) is 14.4 Å². The van der Waals surface area contributed by atoms with Crippen molar-refractivity contribution in [2.45, 2.75) is 50.2 Å². The number of hydrogen-bond acceptors (Lipinski definition) is 6. The third-order valence-electron chi connectivity index (χ3n) is 4.44. The van der Waals surface area contributed by atoms with Gasteiger partial charge in [-0.1, -0.05) is 0 Å². The van der Waals surface area contributed by atoms with Crippen molar-refractivity contribution < 1.29 is 24.3 Å². The summed E-state index contributed by atoms with van der Waals surface area (Å²) in [7, 11) is 0. The molecule has 1 aromatic heterocycles. The number of nitrogens with zero attached hydrogens (tertiary/aromatic N) is 2. The Morgan fingerprint density at radius 1 is 1.41 bits per heavy atom. The summed E-state index contributed by atoms with van der Waals surface area (Å²) in [5.74, 6) is -2.78. The van der Waals surface area contributed by atoms with Gasteiger partial charge in [0.25, 0.3) is 0 Å². The lowest BCUT2D eigenvalue weighted by Gasteiger charge is -2.27. The molecule has 7 N–H and O–H groups in total. The number of H-pyrrole nitrogens is 1. The zero-order valence-electron chi connectivity index (χ0n) is 14.8. The zero-order chi connectivity index (χ0) is 20.0. The van der Waals surface area contributed by atoms with Crippen molar-refractivity contribution in [3.05, 3.63) is 18.2 Å². The van der Waals surface area contributed by atoms with E-state index >= 15 is 0 Å². The number of primary amides is 1. The summed E-state index contributed by atoms with van der Waals surface area (Å²) in [5, 5.41) is 11.9. The highest BCUT2D eigenvalue weighted by molar-refractivity contribution is 5.92. The first-order valence-electron chi connectivity index (χ1n) is 8.64. The van der Waals surface area contributed by atoms with Crippen LogP contribution >= 0.6 is 0 Å². The predicted octanol–water partition coefficient (Wildman–Crippen LogP) is -1.89. The summed E-state index contributed by atoms with van der Waals surface area (Å²) in [6.45, 7) is 0.302. The number of carbonyl (C=O) groups is 4. The van der Waals surface area contributed by atoms with Crippen LogP contribution in [-0.2, 0) is 25.6 Å². The number of amides is 3. The zero-order valence-corrected chi connectivity index (χ0v) is 14.8. The molecule has 1 saturated heterocycles. The maximum Gasteiger partial charge on any atom is 0.326 e. The van der Waals surface area contributed by atoms with Crippen LogP contribution in [0, 0.1) is 0 Å². The number of rotatable bonds is 9. The number of nitrogens with two attached hydrogens (primary N) is 2.